The lowest BCUT2D eigenvalue weighted by Crippen LogP contribution is -2.65. The maximum absolute atomic E-state index is 12.4. The molecule has 0 unspecified atom stereocenters. The molecule has 2 aliphatic carbocycles. The van der Waals surface area contributed by atoms with E-state index in [1.54, 1.807) is 6.08 Å². The van der Waals surface area contributed by atoms with E-state index in [-0.39, 0.29) is 16.9 Å². The highest BCUT2D eigenvalue weighted by molar-refractivity contribution is 5.82. The summed E-state index contributed by atoms with van der Waals surface area (Å²) in [5.74, 6) is -0.848. The molecule has 0 aliphatic heterocycles. The highest BCUT2D eigenvalue weighted by Gasteiger charge is 2.63. The minimum absolute atomic E-state index is 0.254. The molecule has 1 saturated carbocycles. The third-order valence-electron chi connectivity index (χ3n) is 7.01. The third-order valence-corrected chi connectivity index (χ3v) is 7.01. The van der Waals surface area contributed by atoms with E-state index in [1.807, 2.05) is 6.92 Å². The molecule has 2 rings (SSSR count). The summed E-state index contributed by atoms with van der Waals surface area (Å²) in [5.41, 5.74) is -2.35. The standard InChI is InChI=1S/C23H36O7/c1-15(26)17(27)8-5-6-9-19(28)30-18-12-16(13-24)23(29,14-25)22(4)11-7-10-21(2,3)20(18)22/h5-6,8-9,12,15,17-18,20,24-27,29H,7,10-11,13-14H2,1-4H3/b8-5+,9-6+/t15-,17-,18+,20-,22-,23+/m0/s1. The normalized spacial score (nSPS) is 35.7. The molecule has 0 spiro atoms. The average molecular weight is 425 g/mol. The van der Waals surface area contributed by atoms with E-state index in [4.69, 9.17) is 4.74 Å². The van der Waals surface area contributed by atoms with Gasteiger partial charge in [0.05, 0.1) is 25.4 Å². The summed E-state index contributed by atoms with van der Waals surface area (Å²) in [4.78, 5) is 12.4. The molecule has 0 radical (unpaired) electrons. The van der Waals surface area contributed by atoms with Crippen molar-refractivity contribution < 1.29 is 35.1 Å². The van der Waals surface area contributed by atoms with Gasteiger partial charge >= 0.3 is 5.97 Å². The Morgan fingerprint density at radius 1 is 1.23 bits per heavy atom. The van der Waals surface area contributed by atoms with Crippen molar-refractivity contribution in [1.29, 1.82) is 0 Å². The van der Waals surface area contributed by atoms with E-state index >= 15 is 0 Å². The molecule has 2 aliphatic rings. The van der Waals surface area contributed by atoms with Crippen LogP contribution in [0.25, 0.3) is 0 Å². The third kappa shape index (κ3) is 4.55. The van der Waals surface area contributed by atoms with E-state index in [1.165, 1.54) is 31.2 Å². The van der Waals surface area contributed by atoms with Gasteiger partial charge in [-0.3, -0.25) is 0 Å². The molecule has 0 bridgehead atoms. The molecule has 0 aromatic heterocycles. The highest BCUT2D eigenvalue weighted by Crippen LogP contribution is 2.61. The Kier molecular flexibility index (Phi) is 7.69. The fourth-order valence-electron chi connectivity index (χ4n) is 5.37. The number of carbonyl (C=O) groups excluding carboxylic acids is 1. The first-order chi connectivity index (χ1) is 13.9. The first-order valence-electron chi connectivity index (χ1n) is 10.5. The van der Waals surface area contributed by atoms with Gasteiger partial charge in [0.15, 0.2) is 0 Å². The lowest BCUT2D eigenvalue weighted by Gasteiger charge is -2.61. The Balaban J connectivity index is 2.31. The van der Waals surface area contributed by atoms with Crippen LogP contribution in [0.4, 0.5) is 0 Å². The van der Waals surface area contributed by atoms with Crippen LogP contribution < -0.4 is 0 Å². The first-order valence-corrected chi connectivity index (χ1v) is 10.5. The Hall–Kier alpha value is -1.51. The summed E-state index contributed by atoms with van der Waals surface area (Å²) in [5, 5.41) is 50.1. The van der Waals surface area contributed by atoms with E-state index in [0.717, 1.165) is 12.8 Å². The molecule has 0 saturated heterocycles. The predicted molar refractivity (Wildman–Crippen MR) is 112 cm³/mol. The Bertz CT molecular complexity index is 708. The van der Waals surface area contributed by atoms with Crippen LogP contribution in [0.3, 0.4) is 0 Å². The molecule has 7 nitrogen and oxygen atoms in total. The number of esters is 1. The van der Waals surface area contributed by atoms with Gasteiger partial charge < -0.3 is 30.3 Å². The summed E-state index contributed by atoms with van der Waals surface area (Å²) in [7, 11) is 0. The maximum atomic E-state index is 12.4. The van der Waals surface area contributed by atoms with Gasteiger partial charge in [-0.15, -0.1) is 0 Å². The maximum Gasteiger partial charge on any atom is 0.331 e. The van der Waals surface area contributed by atoms with Crippen LogP contribution in [0.15, 0.2) is 36.0 Å². The van der Waals surface area contributed by atoms with Gasteiger partial charge in [0.1, 0.15) is 11.7 Å². The molecule has 30 heavy (non-hydrogen) atoms. The SMILES string of the molecule is C[C@H](O)[C@@H](O)/C=C/C=C/C(=O)O[C@@H]1C=C(CO)[C@](O)(CO)[C@@]2(C)CCCC(C)(C)[C@H]12. The van der Waals surface area contributed by atoms with Gasteiger partial charge in [-0.1, -0.05) is 45.4 Å². The summed E-state index contributed by atoms with van der Waals surface area (Å²) < 4.78 is 5.73. The minimum Gasteiger partial charge on any atom is -0.455 e. The minimum atomic E-state index is -1.58. The molecule has 0 heterocycles. The molecular weight excluding hydrogens is 388 g/mol. The number of ether oxygens (including phenoxy) is 1. The van der Waals surface area contributed by atoms with Crippen LogP contribution in [0.1, 0.15) is 47.0 Å². The van der Waals surface area contributed by atoms with Crippen molar-refractivity contribution in [3.05, 3.63) is 36.0 Å². The summed E-state index contributed by atoms with van der Waals surface area (Å²) in [6, 6.07) is 0. The van der Waals surface area contributed by atoms with Crippen molar-refractivity contribution in [2.45, 2.75) is 70.9 Å². The van der Waals surface area contributed by atoms with Gasteiger partial charge in [0.2, 0.25) is 0 Å². The van der Waals surface area contributed by atoms with E-state index < -0.39 is 48.5 Å². The topological polar surface area (TPSA) is 127 Å². The van der Waals surface area contributed by atoms with Crippen molar-refractivity contribution in [2.75, 3.05) is 13.2 Å². The van der Waals surface area contributed by atoms with Crippen molar-refractivity contribution in [3.8, 4) is 0 Å². The summed E-state index contributed by atoms with van der Waals surface area (Å²) in [6.07, 6.45) is 6.81. The Labute approximate surface area is 178 Å². The van der Waals surface area contributed by atoms with Gasteiger partial charge in [0, 0.05) is 17.4 Å². The largest absolute Gasteiger partial charge is 0.455 e. The molecular formula is C23H36O7. The van der Waals surface area contributed by atoms with Gasteiger partial charge in [-0.2, -0.15) is 0 Å². The fraction of sp³-hybridized carbons (Fsp3) is 0.696. The van der Waals surface area contributed by atoms with Crippen LogP contribution in [0.5, 0.6) is 0 Å². The van der Waals surface area contributed by atoms with Crippen molar-refractivity contribution in [2.24, 2.45) is 16.7 Å². The Morgan fingerprint density at radius 3 is 2.47 bits per heavy atom. The molecule has 5 N–H and O–H groups in total. The van der Waals surface area contributed by atoms with Gasteiger partial charge in [-0.25, -0.2) is 4.79 Å². The highest BCUT2D eigenvalue weighted by atomic mass is 16.5. The zero-order valence-electron chi connectivity index (χ0n) is 18.3. The van der Waals surface area contributed by atoms with Crippen LogP contribution in [-0.4, -0.2) is 68.6 Å². The number of fused-ring (bicyclic) bond motifs is 1. The van der Waals surface area contributed by atoms with E-state index in [2.05, 4.69) is 13.8 Å². The number of hydrogen-bond acceptors (Lipinski definition) is 7. The lowest BCUT2D eigenvalue weighted by molar-refractivity contribution is -0.198. The second-order valence-corrected chi connectivity index (χ2v) is 9.48. The second-order valence-electron chi connectivity index (χ2n) is 9.48. The fourth-order valence-corrected chi connectivity index (χ4v) is 5.37. The molecule has 1 fully saturated rings. The molecule has 7 heteroatoms. The van der Waals surface area contributed by atoms with Crippen molar-refractivity contribution in [3.63, 3.8) is 0 Å². The smallest absolute Gasteiger partial charge is 0.331 e. The van der Waals surface area contributed by atoms with Crippen LogP contribution in [-0.2, 0) is 9.53 Å². The Morgan fingerprint density at radius 2 is 1.90 bits per heavy atom. The lowest BCUT2D eigenvalue weighted by atomic mass is 9.46. The summed E-state index contributed by atoms with van der Waals surface area (Å²) in [6.45, 7) is 6.54. The zero-order chi connectivity index (χ0) is 22.7. The van der Waals surface area contributed by atoms with E-state index in [9.17, 15) is 30.3 Å². The number of aliphatic hydroxyl groups is 5. The van der Waals surface area contributed by atoms with E-state index in [0.29, 0.717) is 6.42 Å². The quantitative estimate of drug-likeness (QED) is 0.180. The molecule has 170 valence electrons. The number of rotatable bonds is 7. The first kappa shape index (κ1) is 24.8. The monoisotopic (exact) mass is 424 g/mol. The van der Waals surface area contributed by atoms with Crippen LogP contribution >= 0.6 is 0 Å². The van der Waals surface area contributed by atoms with Crippen molar-refractivity contribution in [1.82, 2.24) is 0 Å². The second kappa shape index (κ2) is 9.32. The predicted octanol–water partition coefficient (Wildman–Crippen LogP) is 1.24. The number of allylic oxidation sites excluding steroid dienone is 2. The zero-order valence-corrected chi connectivity index (χ0v) is 18.3. The summed E-state index contributed by atoms with van der Waals surface area (Å²) >= 11 is 0. The van der Waals surface area contributed by atoms with Crippen molar-refractivity contribution >= 4 is 5.97 Å². The molecule has 0 amide bonds. The van der Waals surface area contributed by atoms with Crippen LogP contribution in [0, 0.1) is 16.7 Å². The average Bonchev–Trinajstić information content (AvgIpc) is 2.66. The number of hydrogen-bond donors (Lipinski definition) is 5. The van der Waals surface area contributed by atoms with Gasteiger partial charge in [0.25, 0.3) is 0 Å². The molecule has 6 atom stereocenters. The molecule has 0 aromatic carbocycles. The number of carbonyl (C=O) groups is 1. The van der Waals surface area contributed by atoms with Crippen LogP contribution in [0.2, 0.25) is 0 Å². The number of aliphatic hydroxyl groups excluding tert-OH is 4. The molecule has 0 aromatic rings. The van der Waals surface area contributed by atoms with Gasteiger partial charge in [-0.05, 0) is 36.8 Å².